The molecule has 0 heterocycles. The highest BCUT2D eigenvalue weighted by Crippen LogP contribution is 2.10. The van der Waals surface area contributed by atoms with E-state index in [9.17, 15) is 16.8 Å². The van der Waals surface area contributed by atoms with Gasteiger partial charge >= 0.3 is 0 Å². The Kier molecular flexibility index (Phi) is 10.8. The maximum absolute atomic E-state index is 10.8. The number of quaternary nitrogens is 2. The molecule has 0 aromatic rings. The Labute approximate surface area is 159 Å². The Morgan fingerprint density at radius 2 is 0.808 bits per heavy atom. The van der Waals surface area contributed by atoms with Crippen molar-refractivity contribution in [1.29, 1.82) is 0 Å². The van der Waals surface area contributed by atoms with Crippen LogP contribution in [0.1, 0.15) is 38.5 Å². The SMILES string of the molecule is C[N+](C)(CCCCCC[N+](C)(C)CCCS(=O)(=O)O)CCCS(=O)(=O)O. The highest BCUT2D eigenvalue weighted by molar-refractivity contribution is 7.86. The monoisotopic (exact) mass is 418 g/mol. The van der Waals surface area contributed by atoms with E-state index in [1.54, 1.807) is 0 Å². The summed E-state index contributed by atoms with van der Waals surface area (Å²) in [7, 11) is 0.540. The third-order valence-corrected chi connectivity index (χ3v) is 6.22. The van der Waals surface area contributed by atoms with Gasteiger partial charge in [-0.2, -0.15) is 16.8 Å². The van der Waals surface area contributed by atoms with Gasteiger partial charge in [0.05, 0.1) is 65.9 Å². The first-order valence-corrected chi connectivity index (χ1v) is 12.4. The molecule has 0 aliphatic carbocycles. The van der Waals surface area contributed by atoms with Gasteiger partial charge in [0.1, 0.15) is 0 Å². The molecule has 0 atom stereocenters. The van der Waals surface area contributed by atoms with E-state index in [1.165, 1.54) is 0 Å². The van der Waals surface area contributed by atoms with Crippen LogP contribution in [-0.4, -0.2) is 101 Å². The van der Waals surface area contributed by atoms with Crippen molar-refractivity contribution in [1.82, 2.24) is 0 Å². The minimum atomic E-state index is -3.87. The van der Waals surface area contributed by atoms with Gasteiger partial charge in [-0.3, -0.25) is 9.11 Å². The van der Waals surface area contributed by atoms with E-state index in [1.807, 2.05) is 0 Å². The second-order valence-corrected chi connectivity index (χ2v) is 11.6. The minimum absolute atomic E-state index is 0.181. The Balaban J connectivity index is 3.84. The molecule has 2 N–H and O–H groups in total. The summed E-state index contributed by atoms with van der Waals surface area (Å²) in [6.45, 7) is 3.38. The van der Waals surface area contributed by atoms with Crippen LogP contribution in [0.4, 0.5) is 0 Å². The van der Waals surface area contributed by atoms with Crippen LogP contribution in [0.3, 0.4) is 0 Å². The molecule has 0 aromatic carbocycles. The lowest BCUT2D eigenvalue weighted by molar-refractivity contribution is -0.891. The Bertz CT molecular complexity index is 546. The Morgan fingerprint density at radius 3 is 1.08 bits per heavy atom. The summed E-state index contributed by atoms with van der Waals surface area (Å²) in [6, 6.07) is 0. The summed E-state index contributed by atoms with van der Waals surface area (Å²) in [4.78, 5) is 0. The molecule has 0 radical (unpaired) electrons. The summed E-state index contributed by atoms with van der Waals surface area (Å²) in [6.07, 6.45) is 5.25. The average Bonchev–Trinajstić information content (AvgIpc) is 2.39. The van der Waals surface area contributed by atoms with E-state index in [4.69, 9.17) is 9.11 Å². The first kappa shape index (κ1) is 25.7. The van der Waals surface area contributed by atoms with Crippen LogP contribution in [0.5, 0.6) is 0 Å². The molecular formula is C16H38N2O6S2+2. The van der Waals surface area contributed by atoms with Crippen molar-refractivity contribution >= 4 is 20.2 Å². The fourth-order valence-corrected chi connectivity index (χ4v) is 3.99. The molecule has 0 rings (SSSR count). The molecule has 0 spiro atoms. The van der Waals surface area contributed by atoms with E-state index in [-0.39, 0.29) is 11.5 Å². The lowest BCUT2D eigenvalue weighted by atomic mass is 10.1. The normalized spacial score (nSPS) is 13.9. The number of nitrogens with zero attached hydrogens (tertiary/aromatic N) is 2. The second-order valence-electron chi connectivity index (χ2n) is 8.46. The molecule has 0 saturated heterocycles. The molecule has 26 heavy (non-hydrogen) atoms. The van der Waals surface area contributed by atoms with Crippen LogP contribution in [0, 0.1) is 0 Å². The van der Waals surface area contributed by atoms with E-state index in [2.05, 4.69) is 28.2 Å². The maximum atomic E-state index is 10.8. The summed E-state index contributed by atoms with van der Waals surface area (Å²) >= 11 is 0. The van der Waals surface area contributed by atoms with Crippen molar-refractivity contribution in [2.45, 2.75) is 38.5 Å². The van der Waals surface area contributed by atoms with Crippen LogP contribution in [0.15, 0.2) is 0 Å². The number of rotatable bonds is 15. The second kappa shape index (κ2) is 10.9. The largest absolute Gasteiger partial charge is 0.328 e. The zero-order chi connectivity index (χ0) is 20.5. The quantitative estimate of drug-likeness (QED) is 0.235. The third-order valence-electron chi connectivity index (χ3n) is 4.61. The van der Waals surface area contributed by atoms with Gasteiger partial charge in [0.2, 0.25) is 0 Å². The van der Waals surface area contributed by atoms with Crippen molar-refractivity contribution < 1.29 is 34.9 Å². The first-order valence-electron chi connectivity index (χ1n) is 9.16. The molecule has 0 aliphatic heterocycles. The van der Waals surface area contributed by atoms with Crippen molar-refractivity contribution in [2.75, 3.05) is 65.9 Å². The maximum Gasteiger partial charge on any atom is 0.265 e. The van der Waals surface area contributed by atoms with Crippen molar-refractivity contribution in [3.63, 3.8) is 0 Å². The van der Waals surface area contributed by atoms with Crippen molar-refractivity contribution in [3.05, 3.63) is 0 Å². The molecular weight excluding hydrogens is 380 g/mol. The predicted molar refractivity (Wildman–Crippen MR) is 104 cm³/mol. The summed E-state index contributed by atoms with van der Waals surface area (Å²) < 4.78 is 62.0. The molecule has 0 unspecified atom stereocenters. The fourth-order valence-electron chi connectivity index (χ4n) is 3.01. The smallest absolute Gasteiger partial charge is 0.265 e. The summed E-state index contributed by atoms with van der Waals surface area (Å²) in [5.74, 6) is -0.363. The highest BCUT2D eigenvalue weighted by Gasteiger charge is 2.18. The molecule has 0 aliphatic rings. The van der Waals surface area contributed by atoms with E-state index < -0.39 is 20.2 Å². The predicted octanol–water partition coefficient (Wildman–Crippen LogP) is 1.26. The van der Waals surface area contributed by atoms with E-state index in [0.717, 1.165) is 60.8 Å². The van der Waals surface area contributed by atoms with Crippen LogP contribution in [-0.2, 0) is 20.2 Å². The fraction of sp³-hybridized carbons (Fsp3) is 1.00. The summed E-state index contributed by atoms with van der Waals surface area (Å²) in [5.41, 5.74) is 0. The van der Waals surface area contributed by atoms with Crippen molar-refractivity contribution in [3.8, 4) is 0 Å². The van der Waals surface area contributed by atoms with Crippen molar-refractivity contribution in [2.24, 2.45) is 0 Å². The lowest BCUT2D eigenvalue weighted by Gasteiger charge is -2.30. The van der Waals surface area contributed by atoms with Gasteiger partial charge in [-0.15, -0.1) is 0 Å². The van der Waals surface area contributed by atoms with Gasteiger partial charge in [-0.05, 0) is 25.7 Å². The molecule has 0 saturated carbocycles. The zero-order valence-corrected chi connectivity index (χ0v) is 18.4. The van der Waals surface area contributed by atoms with Gasteiger partial charge in [0, 0.05) is 12.8 Å². The molecule has 158 valence electrons. The van der Waals surface area contributed by atoms with Crippen LogP contribution in [0.25, 0.3) is 0 Å². The highest BCUT2D eigenvalue weighted by atomic mass is 32.2. The topological polar surface area (TPSA) is 109 Å². The van der Waals surface area contributed by atoms with E-state index in [0.29, 0.717) is 12.8 Å². The van der Waals surface area contributed by atoms with Gasteiger partial charge in [0.25, 0.3) is 20.2 Å². The first-order chi connectivity index (χ1) is 11.6. The van der Waals surface area contributed by atoms with Gasteiger partial charge in [-0.1, -0.05) is 0 Å². The zero-order valence-electron chi connectivity index (χ0n) is 16.7. The summed E-state index contributed by atoms with van der Waals surface area (Å²) in [5, 5.41) is 0. The number of hydrogen-bond acceptors (Lipinski definition) is 4. The van der Waals surface area contributed by atoms with Crippen LogP contribution < -0.4 is 0 Å². The lowest BCUT2D eigenvalue weighted by Crippen LogP contribution is -2.42. The van der Waals surface area contributed by atoms with Crippen LogP contribution >= 0.6 is 0 Å². The van der Waals surface area contributed by atoms with Crippen LogP contribution in [0.2, 0.25) is 0 Å². The van der Waals surface area contributed by atoms with Gasteiger partial charge in [0.15, 0.2) is 0 Å². The number of unbranched alkanes of at least 4 members (excludes halogenated alkanes) is 3. The number of hydrogen-bond donors (Lipinski definition) is 2. The molecule has 0 aromatic heterocycles. The molecule has 8 nitrogen and oxygen atoms in total. The average molecular weight is 419 g/mol. The third kappa shape index (κ3) is 17.2. The molecule has 10 heteroatoms. The van der Waals surface area contributed by atoms with Gasteiger partial charge < -0.3 is 8.97 Å². The minimum Gasteiger partial charge on any atom is -0.328 e. The Morgan fingerprint density at radius 1 is 0.538 bits per heavy atom. The standard InChI is InChI=1S/C16H36N2O6S2/c1-17(2,13-9-15-25(19,20)21)11-7-5-6-8-12-18(3,4)14-10-16-26(22,23)24/h5-16H2,1-4H3/p+2. The van der Waals surface area contributed by atoms with E-state index >= 15 is 0 Å². The molecule has 0 fully saturated rings. The molecule has 0 bridgehead atoms. The Hall–Kier alpha value is -0.260. The molecule has 0 amide bonds. The van der Waals surface area contributed by atoms with Gasteiger partial charge in [-0.25, -0.2) is 0 Å².